The van der Waals surface area contributed by atoms with E-state index in [0.29, 0.717) is 57.7 Å². The van der Waals surface area contributed by atoms with E-state index in [1.165, 1.54) is 12.7 Å². The first-order valence-electron chi connectivity index (χ1n) is 14.5. The van der Waals surface area contributed by atoms with Gasteiger partial charge in [-0.05, 0) is 54.5 Å². The molecule has 0 amide bonds. The second-order valence-corrected chi connectivity index (χ2v) is 12.8. The summed E-state index contributed by atoms with van der Waals surface area (Å²) in [6.45, 7) is 5.94. The van der Waals surface area contributed by atoms with Gasteiger partial charge in [-0.1, -0.05) is 35.3 Å². The Labute approximate surface area is 258 Å². The van der Waals surface area contributed by atoms with Gasteiger partial charge in [0.1, 0.15) is 17.0 Å². The van der Waals surface area contributed by atoms with Gasteiger partial charge in [0, 0.05) is 38.4 Å². The van der Waals surface area contributed by atoms with Gasteiger partial charge >= 0.3 is 5.97 Å². The highest BCUT2D eigenvalue weighted by Crippen LogP contribution is 2.62. The number of imidazole rings is 1. The molecule has 9 nitrogen and oxygen atoms in total. The summed E-state index contributed by atoms with van der Waals surface area (Å²) in [5, 5.41) is 1.01. The van der Waals surface area contributed by atoms with Crippen molar-refractivity contribution in [3.8, 4) is 11.5 Å². The van der Waals surface area contributed by atoms with E-state index in [4.69, 9.17) is 47.1 Å². The lowest BCUT2D eigenvalue weighted by atomic mass is 10.0. The molecule has 5 heterocycles. The minimum absolute atomic E-state index is 0.129. The highest BCUT2D eigenvalue weighted by atomic mass is 35.5. The maximum atomic E-state index is 12.3. The average molecular weight is 622 g/mol. The molecule has 4 aromatic rings. The number of pyridine rings is 1. The minimum atomic E-state index is -1.00. The van der Waals surface area contributed by atoms with Crippen molar-refractivity contribution in [2.75, 3.05) is 26.8 Å². The number of hydrogen-bond acceptors (Lipinski definition) is 8. The highest BCUT2D eigenvalue weighted by Gasteiger charge is 2.58. The number of nitrogens with zero attached hydrogens (tertiary/aromatic N) is 4. The van der Waals surface area contributed by atoms with Crippen LogP contribution in [0.5, 0.6) is 11.5 Å². The van der Waals surface area contributed by atoms with Gasteiger partial charge in [-0.25, -0.2) is 9.78 Å². The number of aromatic nitrogens is 3. The molecule has 11 heteroatoms. The van der Waals surface area contributed by atoms with Crippen LogP contribution in [0, 0.1) is 11.8 Å². The number of piperidine rings is 1. The molecule has 3 aliphatic heterocycles. The number of carbonyl (C=O) groups is 1. The maximum Gasteiger partial charge on any atom is 0.337 e. The molecule has 5 atom stereocenters. The molecule has 43 heavy (non-hydrogen) atoms. The maximum absolute atomic E-state index is 12.3. The Morgan fingerprint density at radius 3 is 2.65 bits per heavy atom. The molecule has 2 saturated heterocycles. The minimum Gasteiger partial charge on any atom is -0.465 e. The number of fused-ring (bicyclic) bond motifs is 3. The molecule has 8 rings (SSSR count). The molecule has 3 fully saturated rings. The SMILES string of the molecule is COC(=O)c1cc(Cl)c2nc(CN3C[C@@H]4C(c5cccc6c5O[C@](C)(c5ccc(Cl)cn5)O6)[C@@H]4C3)n(C[C@@H]3CCO3)c2c1. The molecule has 2 aromatic heterocycles. The fourth-order valence-electron chi connectivity index (χ4n) is 6.99. The van der Waals surface area contributed by atoms with Crippen LogP contribution in [0.15, 0.2) is 48.7 Å². The zero-order valence-corrected chi connectivity index (χ0v) is 25.3. The molecule has 4 aliphatic rings. The van der Waals surface area contributed by atoms with E-state index >= 15 is 0 Å². The zero-order chi connectivity index (χ0) is 29.5. The third-order valence-corrected chi connectivity index (χ3v) is 9.80. The van der Waals surface area contributed by atoms with Crippen molar-refractivity contribution in [3.63, 3.8) is 0 Å². The third-order valence-electron chi connectivity index (χ3n) is 9.28. The van der Waals surface area contributed by atoms with Crippen LogP contribution in [0.2, 0.25) is 10.0 Å². The van der Waals surface area contributed by atoms with E-state index in [1.54, 1.807) is 18.3 Å². The Morgan fingerprint density at radius 1 is 1.14 bits per heavy atom. The molecular formula is C32H30Cl2N4O5. The van der Waals surface area contributed by atoms with Crippen molar-refractivity contribution < 1.29 is 23.7 Å². The Bertz CT molecular complexity index is 1740. The fourth-order valence-corrected chi connectivity index (χ4v) is 7.35. The lowest BCUT2D eigenvalue weighted by molar-refractivity contribution is -0.0721. The van der Waals surface area contributed by atoms with E-state index in [0.717, 1.165) is 49.0 Å². The van der Waals surface area contributed by atoms with E-state index in [9.17, 15) is 4.79 Å². The van der Waals surface area contributed by atoms with Crippen LogP contribution in [0.1, 0.15) is 46.7 Å². The summed E-state index contributed by atoms with van der Waals surface area (Å²) in [7, 11) is 1.37. The van der Waals surface area contributed by atoms with Crippen LogP contribution < -0.4 is 9.47 Å². The first-order chi connectivity index (χ1) is 20.8. The number of esters is 1. The van der Waals surface area contributed by atoms with Gasteiger partial charge in [0.15, 0.2) is 11.5 Å². The number of para-hydroxylation sites is 1. The van der Waals surface area contributed by atoms with Crippen molar-refractivity contribution in [2.24, 2.45) is 11.8 Å². The van der Waals surface area contributed by atoms with Gasteiger partial charge in [-0.15, -0.1) is 0 Å². The summed E-state index contributed by atoms with van der Waals surface area (Å²) in [6.07, 6.45) is 2.74. The number of carbonyl (C=O) groups excluding carboxylic acids is 1. The number of hydrogen-bond donors (Lipinski definition) is 0. The normalized spacial score (nSPS) is 27.3. The molecule has 2 aromatic carbocycles. The lowest BCUT2D eigenvalue weighted by Crippen LogP contribution is -2.33. The van der Waals surface area contributed by atoms with Crippen LogP contribution in [0.25, 0.3) is 11.0 Å². The van der Waals surface area contributed by atoms with Gasteiger partial charge in [0.05, 0.1) is 47.4 Å². The predicted molar refractivity (Wildman–Crippen MR) is 160 cm³/mol. The van der Waals surface area contributed by atoms with Crippen LogP contribution in [0.3, 0.4) is 0 Å². The number of ether oxygens (including phenoxy) is 4. The number of methoxy groups -OCH3 is 1. The first kappa shape index (κ1) is 27.2. The number of benzene rings is 2. The second-order valence-electron chi connectivity index (χ2n) is 12.0. The molecule has 1 saturated carbocycles. The van der Waals surface area contributed by atoms with E-state index < -0.39 is 11.8 Å². The largest absolute Gasteiger partial charge is 0.465 e. The van der Waals surface area contributed by atoms with Crippen LogP contribution in [0.4, 0.5) is 0 Å². The number of rotatable bonds is 7. The first-order valence-corrected chi connectivity index (χ1v) is 15.3. The van der Waals surface area contributed by atoms with E-state index in [2.05, 4.69) is 20.5 Å². The molecule has 1 aliphatic carbocycles. The quantitative estimate of drug-likeness (QED) is 0.239. The smallest absolute Gasteiger partial charge is 0.337 e. The van der Waals surface area contributed by atoms with Gasteiger partial charge in [-0.3, -0.25) is 9.88 Å². The molecule has 0 radical (unpaired) electrons. The van der Waals surface area contributed by atoms with Gasteiger partial charge < -0.3 is 23.5 Å². The van der Waals surface area contributed by atoms with Crippen LogP contribution in [-0.4, -0.2) is 58.3 Å². The summed E-state index contributed by atoms with van der Waals surface area (Å²) < 4.78 is 25.6. The van der Waals surface area contributed by atoms with E-state index in [-0.39, 0.29) is 6.10 Å². The Kier molecular flexibility index (Phi) is 6.38. The summed E-state index contributed by atoms with van der Waals surface area (Å²) in [5.41, 5.74) is 3.81. The molecular weight excluding hydrogens is 591 g/mol. The van der Waals surface area contributed by atoms with Gasteiger partial charge in [0.2, 0.25) is 0 Å². The van der Waals surface area contributed by atoms with Crippen LogP contribution in [-0.2, 0) is 28.4 Å². The van der Waals surface area contributed by atoms with Crippen molar-refractivity contribution in [1.29, 1.82) is 0 Å². The average Bonchev–Trinajstić information content (AvgIpc) is 3.26. The second kappa shape index (κ2) is 10.1. The van der Waals surface area contributed by atoms with Crippen molar-refractivity contribution >= 4 is 40.2 Å². The number of halogens is 2. The molecule has 1 unspecified atom stereocenters. The fraction of sp³-hybridized carbons (Fsp3) is 0.406. The molecule has 0 bridgehead atoms. The summed E-state index contributed by atoms with van der Waals surface area (Å²) >= 11 is 12.7. The monoisotopic (exact) mass is 620 g/mol. The Balaban J connectivity index is 1.01. The van der Waals surface area contributed by atoms with Crippen LogP contribution >= 0.6 is 23.2 Å². The summed E-state index contributed by atoms with van der Waals surface area (Å²) in [5.74, 6) is 2.52. The lowest BCUT2D eigenvalue weighted by Gasteiger charge is -2.28. The zero-order valence-electron chi connectivity index (χ0n) is 23.8. The van der Waals surface area contributed by atoms with Crippen molar-refractivity contribution in [2.45, 2.75) is 44.2 Å². The van der Waals surface area contributed by atoms with Gasteiger partial charge in [-0.2, -0.15) is 0 Å². The highest BCUT2D eigenvalue weighted by molar-refractivity contribution is 6.35. The molecule has 222 valence electrons. The Morgan fingerprint density at radius 2 is 1.95 bits per heavy atom. The van der Waals surface area contributed by atoms with Crippen molar-refractivity contribution in [3.05, 3.63) is 81.4 Å². The standard InChI is InChI=1S/C32H30Cl2N4O5/c1-32(26-7-6-18(33)12-35-26)42-25-5-3-4-20(30(25)43-32)28-21-14-37(15-22(21)28)16-27-36-29-23(34)10-17(31(39)40-2)11-24(29)38(27)13-19-8-9-41-19/h3-7,10-12,19,21-22,28H,8-9,13-16H2,1-2H3/t19-,21-,22+,28?,32+/m0/s1. The van der Waals surface area contributed by atoms with Gasteiger partial charge in [0.25, 0.3) is 5.79 Å². The Hall–Kier alpha value is -3.37. The third kappa shape index (κ3) is 4.56. The summed E-state index contributed by atoms with van der Waals surface area (Å²) in [4.78, 5) is 24.2. The molecule has 0 spiro atoms. The predicted octanol–water partition coefficient (Wildman–Crippen LogP) is 5.80. The van der Waals surface area contributed by atoms with Crippen molar-refractivity contribution in [1.82, 2.24) is 19.4 Å². The topological polar surface area (TPSA) is 87.9 Å². The van der Waals surface area contributed by atoms with E-state index in [1.807, 2.05) is 31.2 Å². The molecule has 0 N–H and O–H groups in total. The number of likely N-dealkylation sites (tertiary alicyclic amines) is 1. The summed E-state index contributed by atoms with van der Waals surface area (Å²) in [6, 6.07) is 13.3.